The molecule has 0 saturated carbocycles. The highest BCUT2D eigenvalue weighted by Gasteiger charge is 2.03. The Morgan fingerprint density at radius 3 is 2.77 bits per heavy atom. The molecule has 1 heterocycles. The molecule has 0 fully saturated rings. The Morgan fingerprint density at radius 2 is 2.00 bits per heavy atom. The number of hydrogen-bond donors (Lipinski definition) is 0. The lowest BCUT2D eigenvalue weighted by atomic mass is 10.1. The third-order valence-electron chi connectivity index (χ3n) is 2.13. The first kappa shape index (κ1) is 8.17. The number of halogens is 1. The molecule has 0 unspecified atom stereocenters. The average molecular weight is 175 g/mol. The van der Waals surface area contributed by atoms with Crippen LogP contribution in [-0.2, 0) is 0 Å². The monoisotopic (exact) mass is 175 g/mol. The van der Waals surface area contributed by atoms with E-state index in [1.807, 2.05) is 26.0 Å². The van der Waals surface area contributed by atoms with Crippen molar-refractivity contribution in [2.24, 2.45) is 0 Å². The second-order valence-electron chi connectivity index (χ2n) is 3.22. The number of para-hydroxylation sites is 1. The highest BCUT2D eigenvalue weighted by atomic mass is 19.1. The summed E-state index contributed by atoms with van der Waals surface area (Å²) in [5.74, 6) is -0.246. The summed E-state index contributed by atoms with van der Waals surface area (Å²) in [5, 5.41) is 0.894. The minimum Gasteiger partial charge on any atom is -0.250 e. The Bertz CT molecular complexity index is 463. The van der Waals surface area contributed by atoms with Crippen LogP contribution in [0.5, 0.6) is 0 Å². The topological polar surface area (TPSA) is 12.9 Å². The molecule has 0 amide bonds. The van der Waals surface area contributed by atoms with Crippen LogP contribution in [0.25, 0.3) is 10.9 Å². The van der Waals surface area contributed by atoms with Crippen molar-refractivity contribution in [2.75, 3.05) is 0 Å². The first-order valence-corrected chi connectivity index (χ1v) is 4.21. The van der Waals surface area contributed by atoms with Crippen molar-refractivity contribution in [1.29, 1.82) is 0 Å². The summed E-state index contributed by atoms with van der Waals surface area (Å²) in [6.45, 7) is 3.84. The number of rotatable bonds is 0. The molecule has 0 N–H and O–H groups in total. The molecule has 0 saturated heterocycles. The lowest BCUT2D eigenvalue weighted by Gasteiger charge is -2.03. The molecule has 1 aromatic carbocycles. The van der Waals surface area contributed by atoms with Gasteiger partial charge in [0.1, 0.15) is 11.3 Å². The number of pyridine rings is 1. The molecule has 0 aliphatic rings. The zero-order valence-corrected chi connectivity index (χ0v) is 7.63. The summed E-state index contributed by atoms with van der Waals surface area (Å²) in [5.41, 5.74) is 2.40. The zero-order chi connectivity index (χ0) is 9.42. The number of hydrogen-bond acceptors (Lipinski definition) is 1. The lowest BCUT2D eigenvalue weighted by molar-refractivity contribution is 0.636. The van der Waals surface area contributed by atoms with E-state index in [2.05, 4.69) is 4.98 Å². The summed E-state index contributed by atoms with van der Waals surface area (Å²) >= 11 is 0. The van der Waals surface area contributed by atoms with Gasteiger partial charge in [-0.2, -0.15) is 0 Å². The Balaban J connectivity index is 2.94. The van der Waals surface area contributed by atoms with E-state index in [-0.39, 0.29) is 5.82 Å². The molecule has 66 valence electrons. The molecule has 13 heavy (non-hydrogen) atoms. The van der Waals surface area contributed by atoms with Gasteiger partial charge in [-0.15, -0.1) is 0 Å². The molecule has 2 aromatic rings. The van der Waals surface area contributed by atoms with Crippen LogP contribution in [0.4, 0.5) is 4.39 Å². The molecular formula is C11H10FN. The average Bonchev–Trinajstić information content (AvgIpc) is 2.07. The van der Waals surface area contributed by atoms with Crippen molar-refractivity contribution in [3.63, 3.8) is 0 Å². The summed E-state index contributed by atoms with van der Waals surface area (Å²) in [6, 6.07) is 7.00. The second kappa shape index (κ2) is 2.80. The smallest absolute Gasteiger partial charge is 0.149 e. The number of fused-ring (bicyclic) bond motifs is 1. The summed E-state index contributed by atoms with van der Waals surface area (Å²) < 4.78 is 13.3. The van der Waals surface area contributed by atoms with Gasteiger partial charge in [-0.1, -0.05) is 12.1 Å². The Morgan fingerprint density at radius 1 is 1.23 bits per heavy atom. The first-order valence-electron chi connectivity index (χ1n) is 4.21. The van der Waals surface area contributed by atoms with E-state index in [1.54, 1.807) is 6.07 Å². The van der Waals surface area contributed by atoms with Crippen LogP contribution in [0.3, 0.4) is 0 Å². The van der Waals surface area contributed by atoms with Crippen molar-refractivity contribution in [1.82, 2.24) is 4.98 Å². The predicted octanol–water partition coefficient (Wildman–Crippen LogP) is 2.99. The van der Waals surface area contributed by atoms with Gasteiger partial charge in [0.15, 0.2) is 0 Å². The summed E-state index contributed by atoms with van der Waals surface area (Å²) in [6.07, 6.45) is 0. The van der Waals surface area contributed by atoms with Gasteiger partial charge in [-0.05, 0) is 31.5 Å². The van der Waals surface area contributed by atoms with E-state index >= 15 is 0 Å². The minimum atomic E-state index is -0.246. The number of aryl methyl sites for hydroxylation is 2. The maximum absolute atomic E-state index is 13.3. The number of benzene rings is 1. The van der Waals surface area contributed by atoms with Crippen molar-refractivity contribution >= 4 is 10.9 Å². The molecular weight excluding hydrogens is 165 g/mol. The molecule has 0 radical (unpaired) electrons. The normalized spacial score (nSPS) is 10.7. The van der Waals surface area contributed by atoms with Gasteiger partial charge in [0.25, 0.3) is 0 Å². The number of aromatic nitrogens is 1. The molecule has 1 nitrogen and oxygen atoms in total. The van der Waals surface area contributed by atoms with Gasteiger partial charge in [0, 0.05) is 11.1 Å². The second-order valence-corrected chi connectivity index (χ2v) is 3.22. The molecule has 1 aromatic heterocycles. The van der Waals surface area contributed by atoms with Crippen molar-refractivity contribution in [3.05, 3.63) is 41.3 Å². The fraction of sp³-hybridized carbons (Fsp3) is 0.182. The van der Waals surface area contributed by atoms with Gasteiger partial charge in [0.05, 0.1) is 0 Å². The Hall–Kier alpha value is -1.44. The van der Waals surface area contributed by atoms with E-state index in [1.165, 1.54) is 6.07 Å². The van der Waals surface area contributed by atoms with Gasteiger partial charge in [-0.3, -0.25) is 4.98 Å². The quantitative estimate of drug-likeness (QED) is 0.599. The van der Waals surface area contributed by atoms with Gasteiger partial charge in [0.2, 0.25) is 0 Å². The van der Waals surface area contributed by atoms with Crippen LogP contribution in [0.2, 0.25) is 0 Å². The van der Waals surface area contributed by atoms with E-state index in [0.717, 1.165) is 16.6 Å². The van der Waals surface area contributed by atoms with Gasteiger partial charge >= 0.3 is 0 Å². The van der Waals surface area contributed by atoms with Crippen LogP contribution in [0, 0.1) is 19.7 Å². The largest absolute Gasteiger partial charge is 0.250 e. The summed E-state index contributed by atoms with van der Waals surface area (Å²) in [4.78, 5) is 4.16. The van der Waals surface area contributed by atoms with Gasteiger partial charge in [-0.25, -0.2) is 4.39 Å². The van der Waals surface area contributed by atoms with Crippen molar-refractivity contribution < 1.29 is 4.39 Å². The molecule has 2 rings (SSSR count). The van der Waals surface area contributed by atoms with Crippen LogP contribution in [0.15, 0.2) is 24.3 Å². The van der Waals surface area contributed by atoms with E-state index < -0.39 is 0 Å². The lowest BCUT2D eigenvalue weighted by Crippen LogP contribution is -1.89. The zero-order valence-electron chi connectivity index (χ0n) is 7.63. The van der Waals surface area contributed by atoms with Gasteiger partial charge < -0.3 is 0 Å². The van der Waals surface area contributed by atoms with Crippen LogP contribution < -0.4 is 0 Å². The molecule has 0 atom stereocenters. The maximum atomic E-state index is 13.3. The van der Waals surface area contributed by atoms with Crippen LogP contribution in [-0.4, -0.2) is 4.98 Å². The van der Waals surface area contributed by atoms with E-state index in [4.69, 9.17) is 0 Å². The third-order valence-corrected chi connectivity index (χ3v) is 2.13. The fourth-order valence-corrected chi connectivity index (χ4v) is 1.55. The minimum absolute atomic E-state index is 0.246. The maximum Gasteiger partial charge on any atom is 0.149 e. The molecule has 0 spiro atoms. The Kier molecular flexibility index (Phi) is 1.76. The van der Waals surface area contributed by atoms with Crippen molar-refractivity contribution in [2.45, 2.75) is 13.8 Å². The molecule has 0 aliphatic carbocycles. The van der Waals surface area contributed by atoms with E-state index in [0.29, 0.717) is 5.52 Å². The number of nitrogens with zero attached hydrogens (tertiary/aromatic N) is 1. The Labute approximate surface area is 76.2 Å². The fourth-order valence-electron chi connectivity index (χ4n) is 1.55. The van der Waals surface area contributed by atoms with Crippen molar-refractivity contribution in [3.8, 4) is 0 Å². The van der Waals surface area contributed by atoms with Crippen LogP contribution in [0.1, 0.15) is 11.3 Å². The molecule has 0 bridgehead atoms. The summed E-state index contributed by atoms with van der Waals surface area (Å²) in [7, 11) is 0. The SMILES string of the molecule is Cc1cc(C)c2cccc(F)c2n1. The van der Waals surface area contributed by atoms with Crippen LogP contribution >= 0.6 is 0 Å². The molecule has 0 aliphatic heterocycles. The third kappa shape index (κ3) is 1.28. The van der Waals surface area contributed by atoms with E-state index in [9.17, 15) is 4.39 Å². The highest BCUT2D eigenvalue weighted by Crippen LogP contribution is 2.19. The standard InChI is InChI=1S/C11H10FN/c1-7-6-8(2)13-11-9(7)4-3-5-10(11)12/h3-6H,1-2H3. The molecule has 2 heteroatoms. The predicted molar refractivity (Wildman–Crippen MR) is 51.2 cm³/mol. The highest BCUT2D eigenvalue weighted by molar-refractivity contribution is 5.82. The first-order chi connectivity index (χ1) is 6.18.